The van der Waals surface area contributed by atoms with Gasteiger partial charge in [-0.2, -0.15) is 5.10 Å². The van der Waals surface area contributed by atoms with Gasteiger partial charge in [0, 0.05) is 25.7 Å². The van der Waals surface area contributed by atoms with E-state index in [0.29, 0.717) is 5.69 Å². The van der Waals surface area contributed by atoms with Gasteiger partial charge in [0.15, 0.2) is 5.15 Å². The number of nitrogens with one attached hydrogen (secondary N) is 2. The predicted octanol–water partition coefficient (Wildman–Crippen LogP) is 3.36. The van der Waals surface area contributed by atoms with Crippen LogP contribution in [0.2, 0.25) is 10.2 Å². The van der Waals surface area contributed by atoms with Crippen LogP contribution in [0.3, 0.4) is 0 Å². The van der Waals surface area contributed by atoms with Crippen LogP contribution in [0.5, 0.6) is 0 Å². The molecule has 0 saturated carbocycles. The molecule has 1 atom stereocenters. The lowest BCUT2D eigenvalue weighted by Crippen LogP contribution is -2.48. The van der Waals surface area contributed by atoms with Gasteiger partial charge in [0.1, 0.15) is 11.1 Å². The SMILES string of the molecule is CC(Nc1cnnc(Cl)c1Cl)C(=O)NC1CCN(Cc2ccccc2)CC1. The summed E-state index contributed by atoms with van der Waals surface area (Å²) in [7, 11) is 0. The molecule has 0 bridgehead atoms. The molecule has 144 valence electrons. The molecule has 0 aliphatic carbocycles. The second-order valence-electron chi connectivity index (χ2n) is 6.77. The van der Waals surface area contributed by atoms with Gasteiger partial charge in [-0.3, -0.25) is 9.69 Å². The minimum Gasteiger partial charge on any atom is -0.371 e. The number of nitrogens with zero attached hydrogens (tertiary/aromatic N) is 3. The van der Waals surface area contributed by atoms with E-state index < -0.39 is 6.04 Å². The van der Waals surface area contributed by atoms with Crippen molar-refractivity contribution in [1.29, 1.82) is 0 Å². The lowest BCUT2D eigenvalue weighted by Gasteiger charge is -2.33. The fourth-order valence-electron chi connectivity index (χ4n) is 3.15. The molecule has 1 aliphatic rings. The third kappa shape index (κ3) is 5.54. The maximum Gasteiger partial charge on any atom is 0.242 e. The van der Waals surface area contributed by atoms with Crippen molar-refractivity contribution in [3.05, 3.63) is 52.3 Å². The smallest absolute Gasteiger partial charge is 0.242 e. The molecule has 6 nitrogen and oxygen atoms in total. The molecule has 1 aromatic carbocycles. The summed E-state index contributed by atoms with van der Waals surface area (Å²) in [4.78, 5) is 14.9. The van der Waals surface area contributed by atoms with Gasteiger partial charge < -0.3 is 10.6 Å². The number of carbonyl (C=O) groups is 1. The largest absolute Gasteiger partial charge is 0.371 e. The van der Waals surface area contributed by atoms with E-state index in [9.17, 15) is 4.79 Å². The third-order valence-electron chi connectivity index (χ3n) is 4.70. The number of carbonyl (C=O) groups excluding carboxylic acids is 1. The molecule has 1 unspecified atom stereocenters. The van der Waals surface area contributed by atoms with E-state index in [1.54, 1.807) is 6.92 Å². The molecular weight excluding hydrogens is 385 g/mol. The van der Waals surface area contributed by atoms with Crippen molar-refractivity contribution < 1.29 is 4.79 Å². The Hall–Kier alpha value is -1.89. The summed E-state index contributed by atoms with van der Waals surface area (Å²) in [6, 6.07) is 10.2. The average Bonchev–Trinajstić information content (AvgIpc) is 2.68. The molecule has 1 amide bonds. The highest BCUT2D eigenvalue weighted by atomic mass is 35.5. The molecule has 1 saturated heterocycles. The number of anilines is 1. The molecule has 1 aliphatic heterocycles. The number of amides is 1. The second kappa shape index (κ2) is 9.35. The minimum atomic E-state index is -0.454. The van der Waals surface area contributed by atoms with E-state index in [2.05, 4.69) is 50.0 Å². The Morgan fingerprint density at radius 2 is 1.96 bits per heavy atom. The molecule has 8 heteroatoms. The van der Waals surface area contributed by atoms with Gasteiger partial charge in [-0.15, -0.1) is 5.10 Å². The molecule has 1 aromatic heterocycles. The van der Waals surface area contributed by atoms with Crippen molar-refractivity contribution in [3.63, 3.8) is 0 Å². The van der Waals surface area contributed by atoms with Gasteiger partial charge in [-0.05, 0) is 25.3 Å². The van der Waals surface area contributed by atoms with E-state index in [4.69, 9.17) is 23.2 Å². The molecule has 1 fully saturated rings. The fourth-order valence-corrected chi connectivity index (χ4v) is 3.44. The standard InChI is InChI=1S/C19H23Cl2N5O/c1-13(23-16-11-22-25-18(21)17(16)20)19(27)24-15-7-9-26(10-8-15)12-14-5-3-2-4-6-14/h2-6,11,13,15H,7-10,12H2,1H3,(H,23,25)(H,24,27). The second-order valence-corrected chi connectivity index (χ2v) is 7.51. The molecule has 2 heterocycles. The molecule has 2 aromatic rings. The molecule has 0 spiro atoms. The first kappa shape index (κ1) is 19.9. The Bertz CT molecular complexity index is 766. The van der Waals surface area contributed by atoms with Gasteiger partial charge in [0.2, 0.25) is 5.91 Å². The summed E-state index contributed by atoms with van der Waals surface area (Å²) < 4.78 is 0. The zero-order valence-electron chi connectivity index (χ0n) is 15.2. The maximum atomic E-state index is 12.5. The highest BCUT2D eigenvalue weighted by Crippen LogP contribution is 2.27. The third-order valence-corrected chi connectivity index (χ3v) is 5.44. The number of aromatic nitrogens is 2. The Kier molecular flexibility index (Phi) is 6.88. The van der Waals surface area contributed by atoms with Crippen LogP contribution in [0.15, 0.2) is 36.5 Å². The summed E-state index contributed by atoms with van der Waals surface area (Å²) in [5.41, 5.74) is 1.82. The van der Waals surface area contributed by atoms with Crippen molar-refractivity contribution in [2.45, 2.75) is 38.4 Å². The zero-order chi connectivity index (χ0) is 19.2. The van der Waals surface area contributed by atoms with Crippen LogP contribution in [-0.2, 0) is 11.3 Å². The number of likely N-dealkylation sites (tertiary alicyclic amines) is 1. The zero-order valence-corrected chi connectivity index (χ0v) is 16.7. The van der Waals surface area contributed by atoms with Crippen molar-refractivity contribution in [2.75, 3.05) is 18.4 Å². The van der Waals surface area contributed by atoms with Gasteiger partial charge in [-0.1, -0.05) is 53.5 Å². The Morgan fingerprint density at radius 3 is 2.67 bits per heavy atom. The van der Waals surface area contributed by atoms with Crippen molar-refractivity contribution in [2.24, 2.45) is 0 Å². The maximum absolute atomic E-state index is 12.5. The molecule has 2 N–H and O–H groups in total. The van der Waals surface area contributed by atoms with Crippen LogP contribution in [0.4, 0.5) is 5.69 Å². The first-order valence-electron chi connectivity index (χ1n) is 9.03. The lowest BCUT2D eigenvalue weighted by atomic mass is 10.0. The molecular formula is C19H23Cl2N5O. The van der Waals surface area contributed by atoms with Crippen molar-refractivity contribution in [3.8, 4) is 0 Å². The first-order valence-corrected chi connectivity index (χ1v) is 9.78. The number of piperidine rings is 1. The van der Waals surface area contributed by atoms with Crippen LogP contribution in [0.1, 0.15) is 25.3 Å². The summed E-state index contributed by atoms with van der Waals surface area (Å²) >= 11 is 11.9. The van der Waals surface area contributed by atoms with Crippen molar-refractivity contribution >= 4 is 34.8 Å². The average molecular weight is 408 g/mol. The van der Waals surface area contributed by atoms with Crippen LogP contribution in [-0.4, -0.2) is 46.2 Å². The quantitative estimate of drug-likeness (QED) is 0.767. The van der Waals surface area contributed by atoms with Crippen LogP contribution >= 0.6 is 23.2 Å². The predicted molar refractivity (Wildman–Crippen MR) is 108 cm³/mol. The van der Waals surface area contributed by atoms with E-state index in [0.717, 1.165) is 32.5 Å². The van der Waals surface area contributed by atoms with Crippen LogP contribution in [0.25, 0.3) is 0 Å². The topological polar surface area (TPSA) is 70.1 Å². The normalized spacial score (nSPS) is 16.7. The Morgan fingerprint density at radius 1 is 1.26 bits per heavy atom. The molecule has 3 rings (SSSR count). The summed E-state index contributed by atoms with van der Waals surface area (Å²) in [6.07, 6.45) is 3.34. The number of halogens is 2. The Balaban J connectivity index is 1.45. The lowest BCUT2D eigenvalue weighted by molar-refractivity contribution is -0.122. The van der Waals surface area contributed by atoms with Gasteiger partial charge >= 0.3 is 0 Å². The van der Waals surface area contributed by atoms with Gasteiger partial charge in [0.05, 0.1) is 11.9 Å². The summed E-state index contributed by atoms with van der Waals surface area (Å²) in [5, 5.41) is 13.9. The fraction of sp³-hybridized carbons (Fsp3) is 0.421. The minimum absolute atomic E-state index is 0.0690. The van der Waals surface area contributed by atoms with Gasteiger partial charge in [-0.25, -0.2) is 0 Å². The first-order chi connectivity index (χ1) is 13.0. The summed E-state index contributed by atoms with van der Waals surface area (Å²) in [5.74, 6) is -0.0690. The number of hydrogen-bond acceptors (Lipinski definition) is 5. The van der Waals surface area contributed by atoms with Gasteiger partial charge in [0.25, 0.3) is 0 Å². The number of rotatable bonds is 6. The Labute approximate surface area is 169 Å². The number of benzene rings is 1. The highest BCUT2D eigenvalue weighted by Gasteiger charge is 2.23. The van der Waals surface area contributed by atoms with E-state index >= 15 is 0 Å². The van der Waals surface area contributed by atoms with Crippen LogP contribution < -0.4 is 10.6 Å². The van der Waals surface area contributed by atoms with E-state index in [1.165, 1.54) is 11.8 Å². The summed E-state index contributed by atoms with van der Waals surface area (Å²) in [6.45, 7) is 4.67. The van der Waals surface area contributed by atoms with E-state index in [-0.39, 0.29) is 22.1 Å². The molecule has 0 radical (unpaired) electrons. The molecule has 27 heavy (non-hydrogen) atoms. The van der Waals surface area contributed by atoms with Crippen molar-refractivity contribution in [1.82, 2.24) is 20.4 Å². The van der Waals surface area contributed by atoms with Crippen LogP contribution in [0, 0.1) is 0 Å². The highest BCUT2D eigenvalue weighted by molar-refractivity contribution is 6.42. The monoisotopic (exact) mass is 407 g/mol. The van der Waals surface area contributed by atoms with E-state index in [1.807, 2.05) is 6.07 Å². The number of hydrogen-bond donors (Lipinski definition) is 2.